The Morgan fingerprint density at radius 1 is 1.42 bits per heavy atom. The molecule has 2 rings (SSSR count). The van der Waals surface area contributed by atoms with Crippen LogP contribution in [0, 0.1) is 5.41 Å². The smallest absolute Gasteiger partial charge is 0.119 e. The Morgan fingerprint density at radius 2 is 2.21 bits per heavy atom. The number of methoxy groups -OCH3 is 1. The molecule has 1 saturated carbocycles. The molecule has 0 spiro atoms. The van der Waals surface area contributed by atoms with Gasteiger partial charge in [0.1, 0.15) is 5.75 Å². The highest BCUT2D eigenvalue weighted by atomic mass is 79.9. The van der Waals surface area contributed by atoms with E-state index in [2.05, 4.69) is 47.2 Å². The van der Waals surface area contributed by atoms with Gasteiger partial charge in [0.15, 0.2) is 0 Å². The van der Waals surface area contributed by atoms with Crippen molar-refractivity contribution in [1.82, 2.24) is 5.32 Å². The molecular weight excluding hydrogens is 302 g/mol. The highest BCUT2D eigenvalue weighted by Crippen LogP contribution is 2.35. The standard InChI is InChI=1S/C16H24BrNO/c1-16(2)8-4-5-13(10-16)18-11-12-9-14(19-3)6-7-15(12)17/h6-7,9,13,18H,4-5,8,10-11H2,1-3H3. The summed E-state index contributed by atoms with van der Waals surface area (Å²) in [6, 6.07) is 6.78. The minimum Gasteiger partial charge on any atom is -0.497 e. The molecule has 3 heteroatoms. The van der Waals surface area contributed by atoms with Gasteiger partial charge in [0.05, 0.1) is 7.11 Å². The van der Waals surface area contributed by atoms with Crippen LogP contribution in [0.2, 0.25) is 0 Å². The average molecular weight is 326 g/mol. The lowest BCUT2D eigenvalue weighted by molar-refractivity contribution is 0.197. The van der Waals surface area contributed by atoms with Gasteiger partial charge < -0.3 is 10.1 Å². The summed E-state index contributed by atoms with van der Waals surface area (Å²) in [5, 5.41) is 3.70. The second-order valence-corrected chi connectivity index (χ2v) is 7.15. The Labute approximate surface area is 125 Å². The molecule has 0 aromatic heterocycles. The molecule has 1 aliphatic carbocycles. The van der Waals surface area contributed by atoms with Gasteiger partial charge in [-0.15, -0.1) is 0 Å². The van der Waals surface area contributed by atoms with Crippen LogP contribution in [0.1, 0.15) is 45.1 Å². The topological polar surface area (TPSA) is 21.3 Å². The number of rotatable bonds is 4. The number of halogens is 1. The van der Waals surface area contributed by atoms with Crippen LogP contribution in [-0.4, -0.2) is 13.2 Å². The molecule has 1 aromatic carbocycles. The van der Waals surface area contributed by atoms with Gasteiger partial charge in [0, 0.05) is 17.1 Å². The van der Waals surface area contributed by atoms with E-state index in [4.69, 9.17) is 4.74 Å². The Kier molecular flexibility index (Phi) is 4.91. The summed E-state index contributed by atoms with van der Waals surface area (Å²) in [5.41, 5.74) is 1.75. The van der Waals surface area contributed by atoms with Crippen molar-refractivity contribution >= 4 is 15.9 Å². The first-order valence-electron chi connectivity index (χ1n) is 7.06. The molecular formula is C16H24BrNO. The van der Waals surface area contributed by atoms with Crippen LogP contribution in [0.25, 0.3) is 0 Å². The largest absolute Gasteiger partial charge is 0.497 e. The van der Waals surface area contributed by atoms with E-state index in [1.807, 2.05) is 6.07 Å². The maximum atomic E-state index is 5.29. The molecule has 1 N–H and O–H groups in total. The molecule has 1 unspecified atom stereocenters. The minimum absolute atomic E-state index is 0.488. The van der Waals surface area contributed by atoms with Crippen LogP contribution in [0.15, 0.2) is 22.7 Å². The lowest BCUT2D eigenvalue weighted by Crippen LogP contribution is -2.36. The van der Waals surface area contributed by atoms with Gasteiger partial charge in [-0.2, -0.15) is 0 Å². The predicted molar refractivity (Wildman–Crippen MR) is 83.6 cm³/mol. The second-order valence-electron chi connectivity index (χ2n) is 6.30. The van der Waals surface area contributed by atoms with Gasteiger partial charge >= 0.3 is 0 Å². The first-order chi connectivity index (χ1) is 9.00. The summed E-state index contributed by atoms with van der Waals surface area (Å²) in [7, 11) is 1.71. The number of nitrogens with one attached hydrogen (secondary N) is 1. The molecule has 106 valence electrons. The van der Waals surface area contributed by atoms with E-state index in [0.717, 1.165) is 16.8 Å². The van der Waals surface area contributed by atoms with Gasteiger partial charge in [-0.05, 0) is 48.4 Å². The fraction of sp³-hybridized carbons (Fsp3) is 0.625. The maximum absolute atomic E-state index is 5.29. The Morgan fingerprint density at radius 3 is 2.89 bits per heavy atom. The number of hydrogen-bond donors (Lipinski definition) is 1. The summed E-state index contributed by atoms with van der Waals surface area (Å²) in [6.07, 6.45) is 5.26. The SMILES string of the molecule is COc1ccc(Br)c(CNC2CCCC(C)(C)C2)c1. The van der Waals surface area contributed by atoms with Crippen molar-refractivity contribution in [2.24, 2.45) is 5.41 Å². The molecule has 2 nitrogen and oxygen atoms in total. The summed E-state index contributed by atoms with van der Waals surface area (Å²) in [5.74, 6) is 0.920. The van der Waals surface area contributed by atoms with Crippen molar-refractivity contribution in [3.63, 3.8) is 0 Å². The number of benzene rings is 1. The van der Waals surface area contributed by atoms with Crippen LogP contribution in [0.4, 0.5) is 0 Å². The molecule has 1 atom stereocenters. The molecule has 1 fully saturated rings. The lowest BCUT2D eigenvalue weighted by atomic mass is 9.75. The molecule has 19 heavy (non-hydrogen) atoms. The highest BCUT2D eigenvalue weighted by Gasteiger charge is 2.27. The van der Waals surface area contributed by atoms with Crippen LogP contribution in [0.3, 0.4) is 0 Å². The fourth-order valence-electron chi connectivity index (χ4n) is 2.94. The number of hydrogen-bond acceptors (Lipinski definition) is 2. The van der Waals surface area contributed by atoms with Gasteiger partial charge in [-0.1, -0.05) is 36.2 Å². The van der Waals surface area contributed by atoms with Crippen molar-refractivity contribution in [3.05, 3.63) is 28.2 Å². The first-order valence-corrected chi connectivity index (χ1v) is 7.85. The van der Waals surface area contributed by atoms with Gasteiger partial charge in [-0.25, -0.2) is 0 Å². The Bertz CT molecular complexity index is 431. The predicted octanol–water partition coefficient (Wildman–Crippen LogP) is 4.52. The van der Waals surface area contributed by atoms with Gasteiger partial charge in [-0.3, -0.25) is 0 Å². The van der Waals surface area contributed by atoms with E-state index in [1.165, 1.54) is 31.2 Å². The molecule has 0 bridgehead atoms. The fourth-order valence-corrected chi connectivity index (χ4v) is 3.33. The Hall–Kier alpha value is -0.540. The minimum atomic E-state index is 0.488. The third kappa shape index (κ3) is 4.22. The second kappa shape index (κ2) is 6.27. The third-order valence-electron chi connectivity index (χ3n) is 4.04. The van der Waals surface area contributed by atoms with Crippen LogP contribution < -0.4 is 10.1 Å². The summed E-state index contributed by atoms with van der Waals surface area (Å²) in [4.78, 5) is 0. The quantitative estimate of drug-likeness (QED) is 0.878. The molecule has 0 radical (unpaired) electrons. The van der Waals surface area contributed by atoms with Gasteiger partial charge in [0.2, 0.25) is 0 Å². The van der Waals surface area contributed by atoms with E-state index in [0.29, 0.717) is 11.5 Å². The van der Waals surface area contributed by atoms with E-state index >= 15 is 0 Å². The molecule has 0 heterocycles. The molecule has 0 amide bonds. The first kappa shape index (κ1) is 14.9. The zero-order valence-electron chi connectivity index (χ0n) is 12.1. The van der Waals surface area contributed by atoms with E-state index in [9.17, 15) is 0 Å². The Balaban J connectivity index is 1.95. The van der Waals surface area contributed by atoms with Crippen molar-refractivity contribution in [2.75, 3.05) is 7.11 Å². The van der Waals surface area contributed by atoms with E-state index in [1.54, 1.807) is 7.11 Å². The van der Waals surface area contributed by atoms with E-state index < -0.39 is 0 Å². The maximum Gasteiger partial charge on any atom is 0.119 e. The van der Waals surface area contributed by atoms with Crippen LogP contribution >= 0.6 is 15.9 Å². The van der Waals surface area contributed by atoms with Crippen molar-refractivity contribution in [3.8, 4) is 5.75 Å². The van der Waals surface area contributed by atoms with Crippen LogP contribution in [0.5, 0.6) is 5.75 Å². The molecule has 1 aromatic rings. The normalized spacial score (nSPS) is 22.2. The van der Waals surface area contributed by atoms with Gasteiger partial charge in [0.25, 0.3) is 0 Å². The molecule has 1 aliphatic rings. The molecule has 0 aliphatic heterocycles. The summed E-state index contributed by atoms with van der Waals surface area (Å²) < 4.78 is 6.44. The molecule has 0 saturated heterocycles. The van der Waals surface area contributed by atoms with Crippen molar-refractivity contribution in [2.45, 2.75) is 52.1 Å². The van der Waals surface area contributed by atoms with Crippen molar-refractivity contribution < 1.29 is 4.74 Å². The van der Waals surface area contributed by atoms with Crippen LogP contribution in [-0.2, 0) is 6.54 Å². The average Bonchev–Trinajstić information content (AvgIpc) is 2.37. The summed E-state index contributed by atoms with van der Waals surface area (Å²) in [6.45, 7) is 5.66. The zero-order chi connectivity index (χ0) is 13.9. The lowest BCUT2D eigenvalue weighted by Gasteiger charge is -2.35. The highest BCUT2D eigenvalue weighted by molar-refractivity contribution is 9.10. The third-order valence-corrected chi connectivity index (χ3v) is 4.81. The van der Waals surface area contributed by atoms with E-state index in [-0.39, 0.29) is 0 Å². The zero-order valence-corrected chi connectivity index (χ0v) is 13.7. The monoisotopic (exact) mass is 325 g/mol. The number of ether oxygens (including phenoxy) is 1. The summed E-state index contributed by atoms with van der Waals surface area (Å²) >= 11 is 3.61. The van der Waals surface area contributed by atoms with Crippen molar-refractivity contribution in [1.29, 1.82) is 0 Å².